The summed E-state index contributed by atoms with van der Waals surface area (Å²) in [6.45, 7) is 2.11. The highest BCUT2D eigenvalue weighted by molar-refractivity contribution is 5.82. The Labute approximate surface area is 112 Å². The van der Waals surface area contributed by atoms with E-state index in [4.69, 9.17) is 10.6 Å². The van der Waals surface area contributed by atoms with E-state index in [1.54, 1.807) is 0 Å². The van der Waals surface area contributed by atoms with Crippen LogP contribution in [0.4, 0.5) is 0 Å². The Kier molecular flexibility index (Phi) is 3.46. The topological polar surface area (TPSA) is 60.2 Å². The van der Waals surface area contributed by atoms with E-state index >= 15 is 0 Å². The predicted octanol–water partition coefficient (Wildman–Crippen LogP) is 2.31. The van der Waals surface area contributed by atoms with Crippen molar-refractivity contribution in [1.29, 1.82) is 0 Å². The molecule has 4 heteroatoms. The van der Waals surface area contributed by atoms with Crippen LogP contribution in [0.25, 0.3) is 10.9 Å². The molecule has 0 amide bonds. The van der Waals surface area contributed by atoms with Crippen LogP contribution in [0, 0.1) is 0 Å². The fourth-order valence-corrected chi connectivity index (χ4v) is 2.87. The van der Waals surface area contributed by atoms with E-state index in [1.807, 2.05) is 24.4 Å². The molecule has 0 aliphatic carbocycles. The normalized spacial score (nSPS) is 24.7. The number of fused-ring (bicyclic) bond motifs is 1. The molecule has 1 aromatic heterocycles. The first-order valence-corrected chi connectivity index (χ1v) is 6.75. The highest BCUT2D eigenvalue weighted by atomic mass is 16.5. The lowest BCUT2D eigenvalue weighted by Crippen LogP contribution is -2.36. The number of pyridine rings is 1. The monoisotopic (exact) mass is 257 g/mol. The molecule has 0 bridgehead atoms. The van der Waals surface area contributed by atoms with Crippen molar-refractivity contribution in [3.05, 3.63) is 42.1 Å². The van der Waals surface area contributed by atoms with Gasteiger partial charge in [-0.15, -0.1) is 0 Å². The maximum Gasteiger partial charge on any atom is 0.0787 e. The third kappa shape index (κ3) is 2.34. The second-order valence-electron chi connectivity index (χ2n) is 5.12. The van der Waals surface area contributed by atoms with Gasteiger partial charge in [0.15, 0.2) is 0 Å². The quantitative estimate of drug-likeness (QED) is 0.654. The molecule has 3 unspecified atom stereocenters. The minimum absolute atomic E-state index is 0.0119. The van der Waals surface area contributed by atoms with Crippen molar-refractivity contribution in [2.24, 2.45) is 5.84 Å². The van der Waals surface area contributed by atoms with Crippen LogP contribution in [-0.2, 0) is 4.74 Å². The Bertz CT molecular complexity index is 567. The predicted molar refractivity (Wildman–Crippen MR) is 75.4 cm³/mol. The number of aromatic nitrogens is 1. The van der Waals surface area contributed by atoms with Gasteiger partial charge in [-0.2, -0.15) is 0 Å². The summed E-state index contributed by atoms with van der Waals surface area (Å²) in [6, 6.07) is 10.2. The molecular formula is C15H19N3O. The molecule has 2 aromatic rings. The third-order valence-corrected chi connectivity index (χ3v) is 3.83. The summed E-state index contributed by atoms with van der Waals surface area (Å²) in [6.07, 6.45) is 4.38. The Morgan fingerprint density at radius 1 is 1.32 bits per heavy atom. The lowest BCUT2D eigenvalue weighted by atomic mass is 9.96. The van der Waals surface area contributed by atoms with Gasteiger partial charge in [-0.3, -0.25) is 16.3 Å². The third-order valence-electron chi connectivity index (χ3n) is 3.83. The van der Waals surface area contributed by atoms with Crippen LogP contribution < -0.4 is 11.3 Å². The van der Waals surface area contributed by atoms with E-state index in [2.05, 4.69) is 29.5 Å². The fraction of sp³-hybridized carbons (Fsp3) is 0.400. The van der Waals surface area contributed by atoms with Crippen LogP contribution >= 0.6 is 0 Å². The van der Waals surface area contributed by atoms with E-state index in [0.717, 1.165) is 29.3 Å². The second kappa shape index (κ2) is 5.25. The summed E-state index contributed by atoms with van der Waals surface area (Å²) in [7, 11) is 0. The molecule has 19 heavy (non-hydrogen) atoms. The Hall–Kier alpha value is -1.49. The van der Waals surface area contributed by atoms with Gasteiger partial charge in [-0.05, 0) is 37.5 Å². The lowest BCUT2D eigenvalue weighted by molar-refractivity contribution is 0.0319. The van der Waals surface area contributed by atoms with Gasteiger partial charge in [0.1, 0.15) is 0 Å². The number of hydrazine groups is 1. The van der Waals surface area contributed by atoms with Crippen molar-refractivity contribution in [1.82, 2.24) is 10.4 Å². The summed E-state index contributed by atoms with van der Waals surface area (Å²) in [5, 5.41) is 1.14. The van der Waals surface area contributed by atoms with Crippen molar-refractivity contribution in [3.63, 3.8) is 0 Å². The molecule has 1 fully saturated rings. The number of nitrogens with two attached hydrogens (primary N) is 1. The number of hydrogen-bond donors (Lipinski definition) is 2. The average molecular weight is 257 g/mol. The van der Waals surface area contributed by atoms with Crippen LogP contribution in [0.15, 0.2) is 36.5 Å². The van der Waals surface area contributed by atoms with Gasteiger partial charge in [0.2, 0.25) is 0 Å². The molecule has 4 nitrogen and oxygen atoms in total. The maximum absolute atomic E-state index is 5.95. The van der Waals surface area contributed by atoms with Crippen molar-refractivity contribution in [2.75, 3.05) is 0 Å². The number of ether oxygens (including phenoxy) is 1. The van der Waals surface area contributed by atoms with E-state index in [-0.39, 0.29) is 12.1 Å². The van der Waals surface area contributed by atoms with Gasteiger partial charge < -0.3 is 4.74 Å². The van der Waals surface area contributed by atoms with Gasteiger partial charge in [0.05, 0.1) is 23.8 Å². The first-order valence-electron chi connectivity index (χ1n) is 6.75. The summed E-state index contributed by atoms with van der Waals surface area (Å²) < 4.78 is 5.95. The highest BCUT2D eigenvalue weighted by Crippen LogP contribution is 2.32. The summed E-state index contributed by atoms with van der Waals surface area (Å²) >= 11 is 0. The molecule has 0 saturated carbocycles. The number of hydrogen-bond acceptors (Lipinski definition) is 4. The van der Waals surface area contributed by atoms with Crippen LogP contribution in [-0.4, -0.2) is 17.2 Å². The summed E-state index contributed by atoms with van der Waals surface area (Å²) in [5.41, 5.74) is 5.07. The van der Waals surface area contributed by atoms with Crippen molar-refractivity contribution >= 4 is 10.9 Å². The van der Waals surface area contributed by atoms with E-state index < -0.39 is 0 Å². The minimum Gasteiger partial charge on any atom is -0.373 e. The first kappa shape index (κ1) is 12.5. The summed E-state index contributed by atoms with van der Waals surface area (Å²) in [4.78, 5) is 4.39. The molecule has 100 valence electrons. The Morgan fingerprint density at radius 3 is 2.95 bits per heavy atom. The SMILES string of the molecule is CC1CCC(C(NN)c2cccc3ncccc23)O1. The van der Waals surface area contributed by atoms with Crippen molar-refractivity contribution < 1.29 is 4.74 Å². The molecule has 0 spiro atoms. The second-order valence-corrected chi connectivity index (χ2v) is 5.12. The maximum atomic E-state index is 5.95. The molecule has 1 aliphatic heterocycles. The fourth-order valence-electron chi connectivity index (χ4n) is 2.87. The zero-order valence-electron chi connectivity index (χ0n) is 11.0. The smallest absolute Gasteiger partial charge is 0.0787 e. The lowest BCUT2D eigenvalue weighted by Gasteiger charge is -2.24. The number of nitrogens with zero attached hydrogens (tertiary/aromatic N) is 1. The zero-order chi connectivity index (χ0) is 13.2. The molecular weight excluding hydrogens is 238 g/mol. The molecule has 1 aliphatic rings. The van der Waals surface area contributed by atoms with Crippen LogP contribution in [0.2, 0.25) is 0 Å². The minimum atomic E-state index is 0.0119. The molecule has 0 radical (unpaired) electrons. The van der Waals surface area contributed by atoms with E-state index in [1.165, 1.54) is 0 Å². The molecule has 1 saturated heterocycles. The van der Waals surface area contributed by atoms with Gasteiger partial charge in [0.25, 0.3) is 0 Å². The van der Waals surface area contributed by atoms with Gasteiger partial charge in [0, 0.05) is 11.6 Å². The average Bonchev–Trinajstić information content (AvgIpc) is 2.86. The summed E-state index contributed by atoms with van der Waals surface area (Å²) in [5.74, 6) is 5.77. The van der Waals surface area contributed by atoms with Gasteiger partial charge >= 0.3 is 0 Å². The number of nitrogens with one attached hydrogen (secondary N) is 1. The number of rotatable bonds is 3. The molecule has 1 aromatic carbocycles. The van der Waals surface area contributed by atoms with Crippen LogP contribution in [0.5, 0.6) is 0 Å². The molecule has 3 N–H and O–H groups in total. The highest BCUT2D eigenvalue weighted by Gasteiger charge is 2.30. The van der Waals surface area contributed by atoms with E-state index in [9.17, 15) is 0 Å². The first-order chi connectivity index (χ1) is 9.29. The van der Waals surface area contributed by atoms with Gasteiger partial charge in [-0.25, -0.2) is 0 Å². The molecule has 3 atom stereocenters. The Balaban J connectivity index is 2.01. The van der Waals surface area contributed by atoms with E-state index in [0.29, 0.717) is 6.10 Å². The molecule has 2 heterocycles. The largest absolute Gasteiger partial charge is 0.373 e. The molecule has 3 rings (SSSR count). The number of benzene rings is 1. The Morgan fingerprint density at radius 2 is 2.21 bits per heavy atom. The van der Waals surface area contributed by atoms with Gasteiger partial charge in [-0.1, -0.05) is 18.2 Å². The zero-order valence-corrected chi connectivity index (χ0v) is 11.0. The van der Waals surface area contributed by atoms with Crippen LogP contribution in [0.1, 0.15) is 31.4 Å². The van der Waals surface area contributed by atoms with Crippen molar-refractivity contribution in [2.45, 2.75) is 38.0 Å². The van der Waals surface area contributed by atoms with Crippen LogP contribution in [0.3, 0.4) is 0 Å². The van der Waals surface area contributed by atoms with Crippen molar-refractivity contribution in [3.8, 4) is 0 Å². The standard InChI is InChI=1S/C15H19N3O/c1-10-7-8-14(19-10)15(18-16)12-4-2-6-13-11(12)5-3-9-17-13/h2-6,9-10,14-15,18H,7-8,16H2,1H3.